The summed E-state index contributed by atoms with van der Waals surface area (Å²) in [6.07, 6.45) is 0. The molecule has 0 spiro atoms. The van der Waals surface area contributed by atoms with Crippen LogP contribution in [0.15, 0.2) is 42.5 Å². The molecule has 0 aliphatic carbocycles. The number of aryl methyl sites for hydroxylation is 2. The molecule has 2 aromatic carbocycles. The monoisotopic (exact) mass is 270 g/mol. The number of carbonyl (C=O) groups is 1. The van der Waals surface area contributed by atoms with E-state index >= 15 is 0 Å². The summed E-state index contributed by atoms with van der Waals surface area (Å²) in [6, 6.07) is 13.0. The van der Waals surface area contributed by atoms with Gasteiger partial charge in [0.2, 0.25) is 0 Å². The van der Waals surface area contributed by atoms with Gasteiger partial charge in [-0.15, -0.1) is 0 Å². The Bertz CT molecular complexity index is 617. The second-order valence-electron chi connectivity index (χ2n) is 4.71. The van der Waals surface area contributed by atoms with Crippen molar-refractivity contribution < 1.29 is 14.3 Å². The summed E-state index contributed by atoms with van der Waals surface area (Å²) in [4.78, 5) is 12.1. The van der Waals surface area contributed by atoms with Crippen LogP contribution in [0.25, 0.3) is 0 Å². The van der Waals surface area contributed by atoms with Gasteiger partial charge in [-0.05, 0) is 31.5 Å². The Hall–Kier alpha value is -2.29. The molecule has 3 heteroatoms. The number of Topliss-reactive ketones (excluding diaryl/α,β-unsaturated/α-hetero) is 1. The highest BCUT2D eigenvalue weighted by Crippen LogP contribution is 2.19. The van der Waals surface area contributed by atoms with Gasteiger partial charge in [0.1, 0.15) is 11.5 Å². The van der Waals surface area contributed by atoms with Crippen molar-refractivity contribution in [3.8, 4) is 11.5 Å². The Labute approximate surface area is 119 Å². The van der Waals surface area contributed by atoms with Crippen LogP contribution < -0.4 is 9.47 Å². The molecule has 0 radical (unpaired) electrons. The molecular weight excluding hydrogens is 252 g/mol. The minimum absolute atomic E-state index is 0.0229. The van der Waals surface area contributed by atoms with Crippen molar-refractivity contribution in [3.05, 3.63) is 59.2 Å². The Balaban J connectivity index is 2.04. The van der Waals surface area contributed by atoms with Gasteiger partial charge < -0.3 is 9.47 Å². The summed E-state index contributed by atoms with van der Waals surface area (Å²) >= 11 is 0. The van der Waals surface area contributed by atoms with E-state index < -0.39 is 0 Å². The molecule has 0 aliphatic rings. The quantitative estimate of drug-likeness (QED) is 0.779. The first kappa shape index (κ1) is 14.1. The second kappa shape index (κ2) is 6.24. The Kier molecular flexibility index (Phi) is 4.41. The standard InChI is InChI=1S/C17H18O3/c1-12-7-8-16(13(2)9-12)17(18)11-20-15-6-4-5-14(10-15)19-3/h4-10H,11H2,1-3H3. The highest BCUT2D eigenvalue weighted by molar-refractivity contribution is 5.98. The second-order valence-corrected chi connectivity index (χ2v) is 4.71. The van der Waals surface area contributed by atoms with Gasteiger partial charge in [-0.25, -0.2) is 0 Å². The maximum absolute atomic E-state index is 12.1. The molecule has 0 aromatic heterocycles. The first-order valence-corrected chi connectivity index (χ1v) is 6.47. The van der Waals surface area contributed by atoms with E-state index in [1.165, 1.54) is 0 Å². The summed E-state index contributed by atoms with van der Waals surface area (Å²) in [5.74, 6) is 1.31. The molecule has 2 rings (SSSR count). The Morgan fingerprint density at radius 3 is 2.50 bits per heavy atom. The first-order valence-electron chi connectivity index (χ1n) is 6.47. The van der Waals surface area contributed by atoms with Crippen LogP contribution in [0.3, 0.4) is 0 Å². The predicted octanol–water partition coefficient (Wildman–Crippen LogP) is 3.57. The summed E-state index contributed by atoms with van der Waals surface area (Å²) in [5, 5.41) is 0. The van der Waals surface area contributed by atoms with Gasteiger partial charge in [-0.1, -0.05) is 29.8 Å². The molecule has 0 saturated carbocycles. The highest BCUT2D eigenvalue weighted by Gasteiger charge is 2.10. The average Bonchev–Trinajstić information content (AvgIpc) is 2.45. The SMILES string of the molecule is COc1cccc(OCC(=O)c2ccc(C)cc2C)c1. The van der Waals surface area contributed by atoms with Crippen molar-refractivity contribution in [1.82, 2.24) is 0 Å². The summed E-state index contributed by atoms with van der Waals surface area (Å²) in [6.45, 7) is 3.97. The lowest BCUT2D eigenvalue weighted by molar-refractivity contribution is 0.0920. The molecule has 0 aliphatic heterocycles. The van der Waals surface area contributed by atoms with Crippen LogP contribution >= 0.6 is 0 Å². The zero-order chi connectivity index (χ0) is 14.5. The number of benzene rings is 2. The zero-order valence-corrected chi connectivity index (χ0v) is 12.0. The molecule has 0 amide bonds. The van der Waals surface area contributed by atoms with E-state index in [4.69, 9.17) is 9.47 Å². The van der Waals surface area contributed by atoms with Gasteiger partial charge >= 0.3 is 0 Å². The van der Waals surface area contributed by atoms with Gasteiger partial charge in [0, 0.05) is 11.6 Å². The molecule has 0 heterocycles. The molecule has 0 fully saturated rings. The van der Waals surface area contributed by atoms with Crippen LogP contribution in [0.1, 0.15) is 21.5 Å². The van der Waals surface area contributed by atoms with Crippen LogP contribution in [0, 0.1) is 13.8 Å². The number of hydrogen-bond donors (Lipinski definition) is 0. The molecule has 104 valence electrons. The van der Waals surface area contributed by atoms with Gasteiger partial charge in [-0.3, -0.25) is 4.79 Å². The van der Waals surface area contributed by atoms with E-state index in [0.29, 0.717) is 17.1 Å². The van der Waals surface area contributed by atoms with Gasteiger partial charge in [-0.2, -0.15) is 0 Å². The van der Waals surface area contributed by atoms with E-state index in [2.05, 4.69) is 0 Å². The largest absolute Gasteiger partial charge is 0.497 e. The number of ether oxygens (including phenoxy) is 2. The van der Waals surface area contributed by atoms with Crippen molar-refractivity contribution >= 4 is 5.78 Å². The lowest BCUT2D eigenvalue weighted by Gasteiger charge is -2.09. The number of methoxy groups -OCH3 is 1. The van der Waals surface area contributed by atoms with E-state index in [1.54, 1.807) is 19.2 Å². The van der Waals surface area contributed by atoms with Crippen molar-refractivity contribution in [2.24, 2.45) is 0 Å². The fraction of sp³-hybridized carbons (Fsp3) is 0.235. The van der Waals surface area contributed by atoms with Gasteiger partial charge in [0.25, 0.3) is 0 Å². The third kappa shape index (κ3) is 3.38. The smallest absolute Gasteiger partial charge is 0.200 e. The summed E-state index contributed by atoms with van der Waals surface area (Å²) < 4.78 is 10.6. The highest BCUT2D eigenvalue weighted by atomic mass is 16.5. The van der Waals surface area contributed by atoms with E-state index in [9.17, 15) is 4.79 Å². The zero-order valence-electron chi connectivity index (χ0n) is 12.0. The average molecular weight is 270 g/mol. The molecule has 0 N–H and O–H groups in total. The van der Waals surface area contributed by atoms with Crippen molar-refractivity contribution in [1.29, 1.82) is 0 Å². The topological polar surface area (TPSA) is 35.5 Å². The number of ketones is 1. The minimum atomic E-state index is -0.0229. The maximum atomic E-state index is 12.1. The molecule has 0 atom stereocenters. The third-order valence-corrected chi connectivity index (χ3v) is 3.09. The van der Waals surface area contributed by atoms with E-state index in [-0.39, 0.29) is 12.4 Å². The van der Waals surface area contributed by atoms with Crippen LogP contribution in [-0.2, 0) is 0 Å². The molecule has 3 nitrogen and oxygen atoms in total. The number of rotatable bonds is 5. The summed E-state index contributed by atoms with van der Waals surface area (Å²) in [5.41, 5.74) is 2.83. The van der Waals surface area contributed by atoms with Crippen molar-refractivity contribution in [3.63, 3.8) is 0 Å². The normalized spacial score (nSPS) is 10.2. The van der Waals surface area contributed by atoms with Crippen LogP contribution in [0.4, 0.5) is 0 Å². The predicted molar refractivity (Wildman–Crippen MR) is 78.7 cm³/mol. The number of hydrogen-bond acceptors (Lipinski definition) is 3. The molecular formula is C17H18O3. The summed E-state index contributed by atoms with van der Waals surface area (Å²) in [7, 11) is 1.60. The van der Waals surface area contributed by atoms with Gasteiger partial charge in [0.15, 0.2) is 12.4 Å². The minimum Gasteiger partial charge on any atom is -0.497 e. The fourth-order valence-corrected chi connectivity index (χ4v) is 2.04. The van der Waals surface area contributed by atoms with E-state index in [1.807, 2.05) is 44.2 Å². The molecule has 0 saturated heterocycles. The molecule has 0 bridgehead atoms. The number of carbonyl (C=O) groups excluding carboxylic acids is 1. The van der Waals surface area contributed by atoms with E-state index in [0.717, 1.165) is 11.1 Å². The van der Waals surface area contributed by atoms with Crippen molar-refractivity contribution in [2.75, 3.05) is 13.7 Å². The molecule has 0 unspecified atom stereocenters. The Morgan fingerprint density at radius 1 is 1.05 bits per heavy atom. The van der Waals surface area contributed by atoms with Crippen LogP contribution in [0.2, 0.25) is 0 Å². The third-order valence-electron chi connectivity index (χ3n) is 3.09. The van der Waals surface area contributed by atoms with Gasteiger partial charge in [0.05, 0.1) is 7.11 Å². The lowest BCUT2D eigenvalue weighted by Crippen LogP contribution is -2.13. The first-order chi connectivity index (χ1) is 9.60. The van der Waals surface area contributed by atoms with Crippen LogP contribution in [0.5, 0.6) is 11.5 Å². The Morgan fingerprint density at radius 2 is 1.80 bits per heavy atom. The molecule has 20 heavy (non-hydrogen) atoms. The van der Waals surface area contributed by atoms with Crippen molar-refractivity contribution in [2.45, 2.75) is 13.8 Å². The fourth-order valence-electron chi connectivity index (χ4n) is 2.04. The maximum Gasteiger partial charge on any atom is 0.200 e. The molecule has 2 aromatic rings. The van der Waals surface area contributed by atoms with Crippen LogP contribution in [-0.4, -0.2) is 19.5 Å². The lowest BCUT2D eigenvalue weighted by atomic mass is 10.0.